The lowest BCUT2D eigenvalue weighted by Gasteiger charge is -2.20. The predicted molar refractivity (Wildman–Crippen MR) is 299 cm³/mol. The van der Waals surface area contributed by atoms with Gasteiger partial charge in [-0.1, -0.05) is 204 Å². The molecule has 346 valence electrons. The maximum absolute atomic E-state index is 11.2. The van der Waals surface area contributed by atoms with Crippen LogP contribution in [0.15, 0.2) is 218 Å². The third-order valence-corrected chi connectivity index (χ3v) is 13.5. The lowest BCUT2D eigenvalue weighted by molar-refractivity contribution is 1.13. The van der Waals surface area contributed by atoms with Crippen LogP contribution in [0.25, 0.3) is 118 Å². The van der Waals surface area contributed by atoms with Crippen LogP contribution in [0.2, 0.25) is 0 Å². The maximum atomic E-state index is 11.2. The average molecular weight is 937 g/mol. The van der Waals surface area contributed by atoms with Gasteiger partial charge >= 0.3 is 0 Å². The topological polar surface area (TPSA) is 80.3 Å². The first-order chi connectivity index (χ1) is 35.7. The van der Waals surface area contributed by atoms with Crippen molar-refractivity contribution in [1.29, 1.82) is 5.26 Å². The molecule has 0 aliphatic rings. The van der Waals surface area contributed by atoms with E-state index in [2.05, 4.69) is 160 Å². The van der Waals surface area contributed by atoms with Gasteiger partial charge in [0.25, 0.3) is 0 Å². The predicted octanol–water partition coefficient (Wildman–Crippen LogP) is 16.8. The van der Waals surface area contributed by atoms with E-state index < -0.39 is 0 Å². The number of rotatable bonds is 9. The van der Waals surface area contributed by atoms with E-state index in [0.29, 0.717) is 28.5 Å². The zero-order valence-electron chi connectivity index (χ0n) is 41.0. The molecule has 0 N–H and O–H groups in total. The van der Waals surface area contributed by atoms with Crippen molar-refractivity contribution in [3.05, 3.63) is 246 Å². The van der Waals surface area contributed by atoms with Crippen LogP contribution >= 0.6 is 0 Å². The Bertz CT molecular complexity index is 3700. The molecule has 0 aliphatic carbocycles. The molecule has 12 aromatic rings. The van der Waals surface area contributed by atoms with Crippen molar-refractivity contribution < 1.29 is 0 Å². The number of hydrogen-bond acceptors (Lipinski definition) is 5. The molecular formula is C67H48N6. The van der Waals surface area contributed by atoms with Gasteiger partial charge in [-0.25, -0.2) is 19.9 Å². The number of fused-ring (bicyclic) bond motifs is 3. The van der Waals surface area contributed by atoms with Crippen molar-refractivity contribution in [2.45, 2.75) is 27.7 Å². The smallest absolute Gasteiger partial charge is 0.162 e. The Morgan fingerprint density at radius 2 is 0.712 bits per heavy atom. The molecule has 12 rings (SSSR count). The minimum atomic E-state index is 0.442. The number of hydrogen-bond donors (Lipinski definition) is 0. The normalized spacial score (nSPS) is 11.3. The number of nitriles is 1. The van der Waals surface area contributed by atoms with Crippen molar-refractivity contribution in [2.75, 3.05) is 0 Å². The number of benzene rings is 9. The van der Waals surface area contributed by atoms with Crippen molar-refractivity contribution in [2.24, 2.45) is 0 Å². The van der Waals surface area contributed by atoms with E-state index in [1.54, 1.807) is 0 Å². The molecule has 0 amide bonds. The SMILES string of the molecule is Cc1cc(C)cc(-c2ccc3c4ccc(-c5cc(C)cc(C)c5)cc4n(-c4c(-c5cc(-c6ccccc6)nc(-c6ccccc6)n5)cc(C#N)cc4-c4nc(-c5ccccc5)cc(-c5ccccc5)n4)c3c2)c1. The van der Waals surface area contributed by atoms with Gasteiger partial charge in [-0.3, -0.25) is 0 Å². The average Bonchev–Trinajstić information content (AvgIpc) is 3.75. The Morgan fingerprint density at radius 3 is 1.15 bits per heavy atom. The molecule has 0 radical (unpaired) electrons. The molecule has 9 aromatic carbocycles. The first-order valence-corrected chi connectivity index (χ1v) is 24.6. The van der Waals surface area contributed by atoms with E-state index in [1.807, 2.05) is 97.1 Å². The quantitative estimate of drug-likeness (QED) is 0.144. The molecule has 0 spiro atoms. The summed E-state index contributed by atoms with van der Waals surface area (Å²) in [5, 5.41) is 13.3. The summed E-state index contributed by atoms with van der Waals surface area (Å²) in [6.45, 7) is 8.60. The first-order valence-electron chi connectivity index (χ1n) is 24.6. The molecule has 0 saturated carbocycles. The van der Waals surface area contributed by atoms with E-state index in [9.17, 15) is 5.26 Å². The van der Waals surface area contributed by atoms with Gasteiger partial charge in [-0.15, -0.1) is 0 Å². The standard InChI is InChI=1S/C67H48N6/c1-42-29-43(2)32-53(31-42)51-25-27-55-56-28-26-52(54-33-44(3)30-45(4)34-54)38-64(56)73(63(55)37-51)65-57(62-40-61(49-21-13-7-14-22-49)69-66(72-62)50-23-15-8-16-24-50)35-46(41-68)36-58(65)67-70-59(47-17-9-5-10-18-47)39-60(71-67)48-19-11-6-12-20-48/h5-40H,1-4H3. The van der Waals surface area contributed by atoms with Gasteiger partial charge in [0.1, 0.15) is 0 Å². The van der Waals surface area contributed by atoms with Gasteiger partial charge in [0.15, 0.2) is 11.6 Å². The van der Waals surface area contributed by atoms with E-state index in [4.69, 9.17) is 19.9 Å². The fourth-order valence-corrected chi connectivity index (χ4v) is 10.3. The van der Waals surface area contributed by atoms with Crippen LogP contribution in [0, 0.1) is 39.0 Å². The van der Waals surface area contributed by atoms with Gasteiger partial charge in [0.2, 0.25) is 0 Å². The summed E-state index contributed by atoms with van der Waals surface area (Å²) in [4.78, 5) is 21.6. The molecule has 3 heterocycles. The fraction of sp³-hybridized carbons (Fsp3) is 0.0597. The lowest BCUT2D eigenvalue weighted by atomic mass is 9.97. The Morgan fingerprint density at radius 1 is 0.329 bits per heavy atom. The van der Waals surface area contributed by atoms with E-state index >= 15 is 0 Å². The molecule has 0 fully saturated rings. The molecule has 3 aromatic heterocycles. The fourth-order valence-electron chi connectivity index (χ4n) is 10.3. The van der Waals surface area contributed by atoms with Crippen LogP contribution < -0.4 is 0 Å². The summed E-state index contributed by atoms with van der Waals surface area (Å²) >= 11 is 0. The van der Waals surface area contributed by atoms with Gasteiger partial charge in [0.05, 0.1) is 51.1 Å². The van der Waals surface area contributed by atoms with Gasteiger partial charge in [-0.05, 0) is 86.3 Å². The third-order valence-electron chi connectivity index (χ3n) is 13.5. The highest BCUT2D eigenvalue weighted by atomic mass is 15.0. The highest BCUT2D eigenvalue weighted by molar-refractivity contribution is 6.12. The summed E-state index contributed by atoms with van der Waals surface area (Å²) < 4.78 is 2.38. The Labute approximate surface area is 425 Å². The Hall–Kier alpha value is -9.57. The second-order valence-electron chi connectivity index (χ2n) is 19.0. The van der Waals surface area contributed by atoms with Crippen LogP contribution in [0.5, 0.6) is 0 Å². The number of aryl methyl sites for hydroxylation is 4. The molecule has 0 atom stereocenters. The summed E-state index contributed by atoms with van der Waals surface area (Å²) in [5.41, 5.74) is 20.5. The molecule has 0 bridgehead atoms. The lowest BCUT2D eigenvalue weighted by Crippen LogP contribution is -2.06. The molecular weight excluding hydrogens is 889 g/mol. The summed E-state index contributed by atoms with van der Waals surface area (Å²) in [6, 6.07) is 78.4. The highest BCUT2D eigenvalue weighted by Crippen LogP contribution is 2.45. The summed E-state index contributed by atoms with van der Waals surface area (Å²) in [5.74, 6) is 1.04. The molecule has 73 heavy (non-hydrogen) atoms. The summed E-state index contributed by atoms with van der Waals surface area (Å²) in [6.07, 6.45) is 0. The minimum absolute atomic E-state index is 0.442. The monoisotopic (exact) mass is 936 g/mol. The van der Waals surface area contributed by atoms with Gasteiger partial charge in [-0.2, -0.15) is 5.26 Å². The van der Waals surface area contributed by atoms with Crippen LogP contribution in [-0.2, 0) is 0 Å². The van der Waals surface area contributed by atoms with E-state index in [0.717, 1.165) is 94.6 Å². The molecule has 6 heteroatoms. The van der Waals surface area contributed by atoms with E-state index in [1.165, 1.54) is 22.3 Å². The van der Waals surface area contributed by atoms with Gasteiger partial charge < -0.3 is 4.57 Å². The number of nitrogens with zero attached hydrogens (tertiary/aromatic N) is 6. The Balaban J connectivity index is 1.26. The second kappa shape index (κ2) is 18.6. The van der Waals surface area contributed by atoms with E-state index in [-0.39, 0.29) is 0 Å². The molecule has 6 nitrogen and oxygen atoms in total. The minimum Gasteiger partial charge on any atom is -0.308 e. The largest absolute Gasteiger partial charge is 0.308 e. The van der Waals surface area contributed by atoms with Gasteiger partial charge in [0, 0.05) is 44.2 Å². The van der Waals surface area contributed by atoms with Crippen LogP contribution in [0.3, 0.4) is 0 Å². The van der Waals surface area contributed by atoms with Crippen LogP contribution in [0.4, 0.5) is 0 Å². The highest BCUT2D eigenvalue weighted by Gasteiger charge is 2.26. The molecule has 0 saturated heterocycles. The first kappa shape index (κ1) is 44.6. The maximum Gasteiger partial charge on any atom is 0.162 e. The van der Waals surface area contributed by atoms with Crippen molar-refractivity contribution in [3.63, 3.8) is 0 Å². The van der Waals surface area contributed by atoms with Crippen LogP contribution in [-0.4, -0.2) is 24.5 Å². The Kier molecular flexibility index (Phi) is 11.4. The van der Waals surface area contributed by atoms with Crippen molar-refractivity contribution in [3.8, 4) is 102 Å². The zero-order valence-corrected chi connectivity index (χ0v) is 41.0. The zero-order chi connectivity index (χ0) is 49.6. The molecule has 0 aliphatic heterocycles. The van der Waals surface area contributed by atoms with Crippen molar-refractivity contribution >= 4 is 21.8 Å². The van der Waals surface area contributed by atoms with Crippen molar-refractivity contribution in [1.82, 2.24) is 24.5 Å². The third kappa shape index (κ3) is 8.64. The van der Waals surface area contributed by atoms with Crippen LogP contribution in [0.1, 0.15) is 27.8 Å². The summed E-state index contributed by atoms with van der Waals surface area (Å²) in [7, 11) is 0. The molecule has 0 unspecified atom stereocenters. The number of aromatic nitrogens is 5. The second-order valence-corrected chi connectivity index (χ2v) is 19.0.